The molecule has 6 rings (SSSR count). The van der Waals surface area contributed by atoms with E-state index in [1.165, 1.54) is 0 Å². The van der Waals surface area contributed by atoms with Crippen LogP contribution in [0, 0.1) is 6.92 Å². The molecule has 2 aromatic heterocycles. The second kappa shape index (κ2) is 11.3. The van der Waals surface area contributed by atoms with Gasteiger partial charge in [-0.3, -0.25) is 14.2 Å². The van der Waals surface area contributed by atoms with Gasteiger partial charge in [0.2, 0.25) is 11.7 Å². The van der Waals surface area contributed by atoms with Crippen LogP contribution in [0.25, 0.3) is 16.9 Å². The van der Waals surface area contributed by atoms with Gasteiger partial charge in [-0.1, -0.05) is 55.8 Å². The highest BCUT2D eigenvalue weighted by atomic mass is 16.5. The van der Waals surface area contributed by atoms with E-state index in [2.05, 4.69) is 61.6 Å². The molecule has 1 unspecified atom stereocenters. The summed E-state index contributed by atoms with van der Waals surface area (Å²) in [5.74, 6) is 1.14. The number of aryl methyl sites for hydroxylation is 2. The number of unbranched alkanes of at least 4 members (excludes halogenated alkanes) is 1. The monoisotopic (exact) mass is 566 g/mol. The molecule has 4 aromatic rings. The number of fused-ring (bicyclic) bond motifs is 1. The van der Waals surface area contributed by atoms with Crippen LogP contribution >= 0.6 is 0 Å². The molecule has 1 atom stereocenters. The summed E-state index contributed by atoms with van der Waals surface area (Å²) in [5, 5.41) is 9.14. The minimum atomic E-state index is -0.328. The number of carbonyl (C=O) groups is 1. The molecule has 0 saturated carbocycles. The van der Waals surface area contributed by atoms with Crippen molar-refractivity contribution in [3.05, 3.63) is 87.1 Å². The molecule has 4 heterocycles. The van der Waals surface area contributed by atoms with Crippen molar-refractivity contribution >= 4 is 17.4 Å². The van der Waals surface area contributed by atoms with Crippen LogP contribution < -0.4 is 11.0 Å². The zero-order chi connectivity index (χ0) is 29.4. The second-order valence-corrected chi connectivity index (χ2v) is 12.0. The minimum Gasteiger partial charge on any atom is -0.375 e. The molecule has 218 valence electrons. The van der Waals surface area contributed by atoms with E-state index < -0.39 is 0 Å². The highest BCUT2D eigenvalue weighted by molar-refractivity contribution is 6.16. The van der Waals surface area contributed by atoms with Gasteiger partial charge in [-0.15, -0.1) is 0 Å². The van der Waals surface area contributed by atoms with Crippen molar-refractivity contribution in [1.82, 2.24) is 24.6 Å². The predicted octanol–water partition coefficient (Wildman–Crippen LogP) is 5.15. The van der Waals surface area contributed by atoms with Gasteiger partial charge in [0, 0.05) is 30.2 Å². The molecule has 1 amide bonds. The molecule has 9 nitrogen and oxygen atoms in total. The predicted molar refractivity (Wildman–Crippen MR) is 163 cm³/mol. The highest BCUT2D eigenvalue weighted by Gasteiger charge is 2.33. The van der Waals surface area contributed by atoms with Crippen LogP contribution in [0.2, 0.25) is 0 Å². The second-order valence-electron chi connectivity index (χ2n) is 12.0. The summed E-state index contributed by atoms with van der Waals surface area (Å²) in [6.07, 6.45) is 4.81. The Morgan fingerprint density at radius 1 is 1.10 bits per heavy atom. The smallest absolute Gasteiger partial charge is 0.259 e. The van der Waals surface area contributed by atoms with Crippen molar-refractivity contribution in [2.24, 2.45) is 5.10 Å². The van der Waals surface area contributed by atoms with Crippen molar-refractivity contribution < 1.29 is 9.53 Å². The Morgan fingerprint density at radius 3 is 2.62 bits per heavy atom. The standard InChI is InChI=1S/C33H38N6O3/c1-5-6-12-29-27(31(41)38(32-34-21(2)37-39(29)32)24-15-16-42-33(3,4)20-24)18-22-13-14-25(23-10-8-7-9-11-23)26(17-22)28-19-30(40)36-35-28/h7-11,13-14,17,24H,5-6,12,15-16,18-20H2,1-4H3,(H,36,40). The number of amides is 1. The third kappa shape index (κ3) is 5.41. The third-order valence-corrected chi connectivity index (χ3v) is 8.30. The van der Waals surface area contributed by atoms with Crippen molar-refractivity contribution in [3.8, 4) is 11.1 Å². The summed E-state index contributed by atoms with van der Waals surface area (Å²) < 4.78 is 9.78. The summed E-state index contributed by atoms with van der Waals surface area (Å²) in [5.41, 5.74) is 8.57. The van der Waals surface area contributed by atoms with Gasteiger partial charge >= 0.3 is 0 Å². The third-order valence-electron chi connectivity index (χ3n) is 8.30. The lowest BCUT2D eigenvalue weighted by Gasteiger charge is -2.36. The molecule has 0 aliphatic carbocycles. The number of hydrogen-bond acceptors (Lipinski definition) is 6. The van der Waals surface area contributed by atoms with E-state index in [0.717, 1.165) is 65.6 Å². The number of hydrazone groups is 1. The van der Waals surface area contributed by atoms with Crippen LogP contribution in [-0.2, 0) is 22.4 Å². The van der Waals surface area contributed by atoms with Crippen LogP contribution in [-0.4, -0.2) is 43.0 Å². The number of carbonyl (C=O) groups excluding carboxylic acids is 1. The summed E-state index contributed by atoms with van der Waals surface area (Å²) in [4.78, 5) is 31.4. The number of aromatic nitrogens is 4. The van der Waals surface area contributed by atoms with E-state index in [-0.39, 0.29) is 29.5 Å². The van der Waals surface area contributed by atoms with Crippen molar-refractivity contribution in [1.29, 1.82) is 0 Å². The van der Waals surface area contributed by atoms with Gasteiger partial charge in [0.1, 0.15) is 5.82 Å². The van der Waals surface area contributed by atoms with Gasteiger partial charge in [0.05, 0.1) is 23.4 Å². The molecular formula is C33H38N6O3. The highest BCUT2D eigenvalue weighted by Crippen LogP contribution is 2.33. The number of nitrogens with one attached hydrogen (secondary N) is 1. The lowest BCUT2D eigenvalue weighted by Crippen LogP contribution is -2.40. The van der Waals surface area contributed by atoms with Crippen LogP contribution in [0.4, 0.5) is 0 Å². The van der Waals surface area contributed by atoms with Crippen molar-refractivity contribution in [3.63, 3.8) is 0 Å². The van der Waals surface area contributed by atoms with Crippen molar-refractivity contribution in [2.75, 3.05) is 6.61 Å². The summed E-state index contributed by atoms with van der Waals surface area (Å²) in [7, 11) is 0. The Balaban J connectivity index is 1.51. The van der Waals surface area contributed by atoms with Gasteiger partial charge in [-0.2, -0.15) is 15.2 Å². The Morgan fingerprint density at radius 2 is 1.90 bits per heavy atom. The topological polar surface area (TPSA) is 103 Å². The molecule has 1 N–H and O–H groups in total. The fourth-order valence-electron chi connectivity index (χ4n) is 6.29. The van der Waals surface area contributed by atoms with Gasteiger partial charge in [0.25, 0.3) is 5.56 Å². The maximum atomic E-state index is 14.5. The Kier molecular flexibility index (Phi) is 7.53. The average molecular weight is 567 g/mol. The molecular weight excluding hydrogens is 528 g/mol. The Hall–Kier alpha value is -4.11. The molecule has 2 aliphatic rings. The van der Waals surface area contributed by atoms with Gasteiger partial charge in [-0.05, 0) is 69.2 Å². The van der Waals surface area contributed by atoms with Crippen LogP contribution in [0.5, 0.6) is 0 Å². The number of nitrogens with zero attached hydrogens (tertiary/aromatic N) is 5. The van der Waals surface area contributed by atoms with E-state index in [1.54, 1.807) is 0 Å². The fourth-order valence-corrected chi connectivity index (χ4v) is 6.29. The molecule has 42 heavy (non-hydrogen) atoms. The lowest BCUT2D eigenvalue weighted by molar-refractivity contribution is -0.119. The van der Waals surface area contributed by atoms with Gasteiger partial charge in [0.15, 0.2) is 0 Å². The zero-order valence-corrected chi connectivity index (χ0v) is 24.8. The quantitative estimate of drug-likeness (QED) is 0.318. The molecule has 2 aliphatic heterocycles. The van der Waals surface area contributed by atoms with Crippen LogP contribution in [0.3, 0.4) is 0 Å². The Bertz CT molecular complexity index is 1730. The normalized spacial score (nSPS) is 18.3. The zero-order valence-electron chi connectivity index (χ0n) is 24.8. The summed E-state index contributed by atoms with van der Waals surface area (Å²) in [6.45, 7) is 8.78. The largest absolute Gasteiger partial charge is 0.375 e. The number of benzene rings is 2. The molecule has 9 heteroatoms. The average Bonchev–Trinajstić information content (AvgIpc) is 3.58. The van der Waals surface area contributed by atoms with E-state index in [1.807, 2.05) is 34.2 Å². The SMILES string of the molecule is CCCCc1c(Cc2ccc(-c3ccccc3)c(C3=NNC(=O)C3)c2)c(=O)n(C2CCOC(C)(C)C2)c2nc(C)nn12. The first-order chi connectivity index (χ1) is 20.2. The first-order valence-electron chi connectivity index (χ1n) is 14.9. The summed E-state index contributed by atoms with van der Waals surface area (Å²) >= 11 is 0. The number of ether oxygens (including phenoxy) is 1. The molecule has 2 aromatic carbocycles. The van der Waals surface area contributed by atoms with Gasteiger partial charge < -0.3 is 4.74 Å². The van der Waals surface area contributed by atoms with Crippen LogP contribution in [0.1, 0.15) is 87.1 Å². The number of hydrogen-bond donors (Lipinski definition) is 1. The van der Waals surface area contributed by atoms with E-state index >= 15 is 0 Å². The van der Waals surface area contributed by atoms with Crippen molar-refractivity contribution in [2.45, 2.75) is 84.3 Å². The summed E-state index contributed by atoms with van der Waals surface area (Å²) in [6, 6.07) is 16.3. The maximum Gasteiger partial charge on any atom is 0.259 e. The first-order valence-corrected chi connectivity index (χ1v) is 14.9. The number of rotatable bonds is 8. The van der Waals surface area contributed by atoms with Gasteiger partial charge in [-0.25, -0.2) is 9.94 Å². The van der Waals surface area contributed by atoms with E-state index in [4.69, 9.17) is 14.8 Å². The Labute approximate surface area is 245 Å². The first kappa shape index (κ1) is 28.0. The molecule has 0 radical (unpaired) electrons. The molecule has 1 fully saturated rings. The maximum absolute atomic E-state index is 14.5. The lowest BCUT2D eigenvalue weighted by atomic mass is 9.91. The minimum absolute atomic E-state index is 0.00700. The molecule has 1 saturated heterocycles. The molecule has 0 bridgehead atoms. The van der Waals surface area contributed by atoms with Crippen LogP contribution in [0.15, 0.2) is 58.4 Å². The fraction of sp³-hybridized carbons (Fsp3) is 0.424. The van der Waals surface area contributed by atoms with E-state index in [9.17, 15) is 9.59 Å². The van der Waals surface area contributed by atoms with E-state index in [0.29, 0.717) is 30.3 Å². The molecule has 0 spiro atoms.